The van der Waals surface area contributed by atoms with E-state index < -0.39 is 22.1 Å². The normalized spacial score (nSPS) is 12.0. The van der Waals surface area contributed by atoms with Crippen LogP contribution >= 0.6 is 23.2 Å². The van der Waals surface area contributed by atoms with Crippen LogP contribution < -0.4 is 9.46 Å². The average molecular weight is 452 g/mol. The van der Waals surface area contributed by atoms with Crippen molar-refractivity contribution in [2.75, 3.05) is 4.72 Å². The molecule has 0 radical (unpaired) electrons. The van der Waals surface area contributed by atoms with Gasteiger partial charge in [-0.3, -0.25) is 9.29 Å². The van der Waals surface area contributed by atoms with Crippen LogP contribution in [0.5, 0.6) is 5.75 Å². The molecular weight excluding hydrogens is 442 g/mol. The molecule has 1 heterocycles. The van der Waals surface area contributed by atoms with Crippen molar-refractivity contribution in [1.29, 1.82) is 0 Å². The van der Waals surface area contributed by atoms with E-state index in [1.165, 1.54) is 23.0 Å². The van der Waals surface area contributed by atoms with E-state index >= 15 is 0 Å². The molecule has 0 fully saturated rings. The molecule has 2 aromatic carbocycles. The zero-order valence-corrected chi connectivity index (χ0v) is 15.9. The number of nitrogens with one attached hydrogen (secondary N) is 1. The van der Waals surface area contributed by atoms with E-state index in [1.54, 1.807) is 12.1 Å². The number of rotatable bonds is 5. The number of ether oxygens (including phenoxy) is 1. The summed E-state index contributed by atoms with van der Waals surface area (Å²) in [5.41, 5.74) is 0.836. The minimum absolute atomic E-state index is 0.129. The predicted molar refractivity (Wildman–Crippen MR) is 97.5 cm³/mol. The molecule has 0 aliphatic rings. The maximum Gasteiger partial charge on any atom is 0.573 e. The van der Waals surface area contributed by atoms with Gasteiger partial charge in [0.25, 0.3) is 10.0 Å². The molecule has 0 saturated carbocycles. The third-order valence-electron chi connectivity index (χ3n) is 3.43. The highest BCUT2D eigenvalue weighted by molar-refractivity contribution is 7.92. The van der Waals surface area contributed by atoms with E-state index in [1.807, 2.05) is 0 Å². The fourth-order valence-corrected chi connectivity index (χ4v) is 3.60. The van der Waals surface area contributed by atoms with Gasteiger partial charge in [0.2, 0.25) is 0 Å². The lowest BCUT2D eigenvalue weighted by atomic mass is 10.3. The van der Waals surface area contributed by atoms with Gasteiger partial charge in [-0.1, -0.05) is 23.2 Å². The summed E-state index contributed by atoms with van der Waals surface area (Å²) in [7, 11) is -4.01. The number of halogens is 5. The van der Waals surface area contributed by atoms with Crippen molar-refractivity contribution in [1.82, 2.24) is 9.55 Å². The van der Waals surface area contributed by atoms with Crippen LogP contribution in [0.25, 0.3) is 5.69 Å². The minimum atomic E-state index is -4.86. The Balaban J connectivity index is 1.76. The fraction of sp³-hybridized carbons (Fsp3) is 0.0625. The summed E-state index contributed by atoms with van der Waals surface area (Å²) in [4.78, 5) is 3.62. The molecule has 28 heavy (non-hydrogen) atoms. The van der Waals surface area contributed by atoms with Crippen molar-refractivity contribution >= 4 is 38.9 Å². The lowest BCUT2D eigenvalue weighted by molar-refractivity contribution is -0.274. The van der Waals surface area contributed by atoms with Crippen LogP contribution in [-0.2, 0) is 10.0 Å². The average Bonchev–Trinajstić information content (AvgIpc) is 2.94. The number of hydrogen-bond donors (Lipinski definition) is 1. The van der Waals surface area contributed by atoms with Crippen molar-refractivity contribution in [3.63, 3.8) is 0 Å². The van der Waals surface area contributed by atoms with Crippen molar-refractivity contribution in [3.8, 4) is 11.4 Å². The number of benzene rings is 2. The first-order valence-corrected chi connectivity index (χ1v) is 9.66. The minimum Gasteiger partial charge on any atom is -0.406 e. The molecule has 0 unspecified atom stereocenters. The zero-order chi connectivity index (χ0) is 20.5. The van der Waals surface area contributed by atoms with Gasteiger partial charge < -0.3 is 4.74 Å². The summed E-state index contributed by atoms with van der Waals surface area (Å²) in [5.74, 6) is -0.522. The van der Waals surface area contributed by atoms with Crippen molar-refractivity contribution in [2.24, 2.45) is 0 Å². The molecule has 3 aromatic rings. The van der Waals surface area contributed by atoms with Gasteiger partial charge in [0.05, 0.1) is 4.90 Å². The van der Waals surface area contributed by atoms with E-state index in [0.717, 1.165) is 24.3 Å². The maximum atomic E-state index is 12.4. The number of aromatic nitrogens is 2. The van der Waals surface area contributed by atoms with Gasteiger partial charge in [-0.15, -0.1) is 13.2 Å². The lowest BCUT2D eigenvalue weighted by Crippen LogP contribution is -2.17. The largest absolute Gasteiger partial charge is 0.573 e. The summed E-state index contributed by atoms with van der Waals surface area (Å²) >= 11 is 11.8. The van der Waals surface area contributed by atoms with Crippen LogP contribution in [0.1, 0.15) is 0 Å². The van der Waals surface area contributed by atoms with Gasteiger partial charge in [-0.2, -0.15) is 0 Å². The van der Waals surface area contributed by atoms with Crippen molar-refractivity contribution in [3.05, 3.63) is 65.2 Å². The van der Waals surface area contributed by atoms with Gasteiger partial charge in [0.1, 0.15) is 12.1 Å². The second kappa shape index (κ2) is 7.53. The van der Waals surface area contributed by atoms with Crippen molar-refractivity contribution < 1.29 is 26.3 Å². The SMILES string of the molecule is O=S(=O)(Nc1ccc(-n2cnc(Cl)c2Cl)cc1)c1ccc(OC(F)(F)F)cc1. The number of alkyl halides is 3. The van der Waals surface area contributed by atoms with Crippen LogP contribution in [0.4, 0.5) is 18.9 Å². The third kappa shape index (κ3) is 4.70. The molecule has 0 spiro atoms. The second-order valence-corrected chi connectivity index (χ2v) is 7.77. The Hall–Kier alpha value is -2.43. The quantitative estimate of drug-likeness (QED) is 0.599. The molecule has 148 valence electrons. The van der Waals surface area contributed by atoms with Gasteiger partial charge in [-0.25, -0.2) is 13.4 Å². The third-order valence-corrected chi connectivity index (χ3v) is 5.57. The molecule has 0 atom stereocenters. The Labute approximate surface area is 167 Å². The van der Waals surface area contributed by atoms with Gasteiger partial charge in [0, 0.05) is 11.4 Å². The van der Waals surface area contributed by atoms with Crippen LogP contribution in [0, 0.1) is 0 Å². The molecule has 0 aliphatic heterocycles. The topological polar surface area (TPSA) is 73.2 Å². The van der Waals surface area contributed by atoms with Gasteiger partial charge in [0.15, 0.2) is 10.3 Å². The zero-order valence-electron chi connectivity index (χ0n) is 13.6. The Morgan fingerprint density at radius 1 is 1.00 bits per heavy atom. The standard InChI is InChI=1S/C16H10Cl2F3N3O3S/c17-14-15(18)24(9-22-14)11-3-1-10(2-4-11)23-28(25,26)13-7-5-12(6-8-13)27-16(19,20)21/h1-9,23H. The summed E-state index contributed by atoms with van der Waals surface area (Å²) < 4.78 is 68.8. The van der Waals surface area contributed by atoms with E-state index in [9.17, 15) is 21.6 Å². The summed E-state index contributed by atoms with van der Waals surface area (Å²) in [6.45, 7) is 0. The molecule has 0 amide bonds. The van der Waals surface area contributed by atoms with E-state index in [-0.39, 0.29) is 20.9 Å². The molecule has 1 aromatic heterocycles. The Morgan fingerprint density at radius 3 is 2.11 bits per heavy atom. The molecule has 12 heteroatoms. The molecule has 3 rings (SSSR count). The highest BCUT2D eigenvalue weighted by atomic mass is 35.5. The van der Waals surface area contributed by atoms with Crippen LogP contribution in [0.15, 0.2) is 59.8 Å². The first-order chi connectivity index (χ1) is 13.0. The molecule has 0 saturated heterocycles. The smallest absolute Gasteiger partial charge is 0.406 e. The first kappa shape index (κ1) is 20.3. The van der Waals surface area contributed by atoms with Crippen molar-refractivity contribution in [2.45, 2.75) is 11.3 Å². The number of anilines is 1. The van der Waals surface area contributed by atoms with Gasteiger partial charge in [-0.05, 0) is 48.5 Å². The Bertz CT molecular complexity index is 1080. The number of nitrogens with zero attached hydrogens (tertiary/aromatic N) is 2. The molecule has 0 aliphatic carbocycles. The summed E-state index contributed by atoms with van der Waals surface area (Å²) in [5, 5.41) is 0.334. The molecule has 0 bridgehead atoms. The molecule has 6 nitrogen and oxygen atoms in total. The molecular formula is C16H10Cl2F3N3O3S. The molecule has 1 N–H and O–H groups in total. The van der Waals surface area contributed by atoms with Gasteiger partial charge >= 0.3 is 6.36 Å². The number of imidazole rings is 1. The highest BCUT2D eigenvalue weighted by Gasteiger charge is 2.31. The van der Waals surface area contributed by atoms with E-state index in [4.69, 9.17) is 23.2 Å². The van der Waals surface area contributed by atoms with E-state index in [0.29, 0.717) is 5.69 Å². The highest BCUT2D eigenvalue weighted by Crippen LogP contribution is 2.26. The van der Waals surface area contributed by atoms with E-state index in [2.05, 4.69) is 14.4 Å². The predicted octanol–water partition coefficient (Wildman–Crippen LogP) is 4.88. The number of hydrogen-bond acceptors (Lipinski definition) is 4. The monoisotopic (exact) mass is 451 g/mol. The second-order valence-electron chi connectivity index (χ2n) is 5.37. The summed E-state index contributed by atoms with van der Waals surface area (Å²) in [6, 6.07) is 9.97. The lowest BCUT2D eigenvalue weighted by Gasteiger charge is -2.11. The summed E-state index contributed by atoms with van der Waals surface area (Å²) in [6.07, 6.45) is -3.45. The Kier molecular flexibility index (Phi) is 5.46. The maximum absolute atomic E-state index is 12.4. The van der Waals surface area contributed by atoms with Crippen LogP contribution in [0.2, 0.25) is 10.3 Å². The number of sulfonamides is 1. The fourth-order valence-electron chi connectivity index (χ4n) is 2.22. The Morgan fingerprint density at radius 2 is 1.61 bits per heavy atom. The van der Waals surface area contributed by atoms with Crippen LogP contribution in [0.3, 0.4) is 0 Å². The first-order valence-electron chi connectivity index (χ1n) is 7.42. The van der Waals surface area contributed by atoms with Crippen LogP contribution in [-0.4, -0.2) is 24.3 Å².